The average molecular weight is 354 g/mol. The molecule has 0 aromatic heterocycles. The highest BCUT2D eigenvalue weighted by atomic mass is 16.5. The van der Waals surface area contributed by atoms with Gasteiger partial charge in [-0.1, -0.05) is 60.7 Å². The molecule has 0 aliphatic rings. The van der Waals surface area contributed by atoms with E-state index in [4.69, 9.17) is 9.47 Å². The predicted molar refractivity (Wildman–Crippen MR) is 96.7 cm³/mol. The molecule has 0 spiro atoms. The maximum Gasteiger partial charge on any atom is 0.318 e. The van der Waals surface area contributed by atoms with E-state index in [-0.39, 0.29) is 13.2 Å². The highest BCUT2D eigenvalue weighted by Gasteiger charge is 2.42. The maximum absolute atomic E-state index is 13.1. The van der Waals surface area contributed by atoms with Gasteiger partial charge in [0.2, 0.25) is 0 Å². The number of ether oxygens (including phenoxy) is 2. The summed E-state index contributed by atoms with van der Waals surface area (Å²) in [5.74, 6) is -4.20. The zero-order chi connectivity index (χ0) is 18.9. The molecule has 0 amide bonds. The first-order valence-electron chi connectivity index (χ1n) is 8.57. The van der Waals surface area contributed by atoms with E-state index in [1.54, 1.807) is 74.5 Å². The van der Waals surface area contributed by atoms with Crippen molar-refractivity contribution < 1.29 is 23.9 Å². The summed E-state index contributed by atoms with van der Waals surface area (Å²) >= 11 is 0. The lowest BCUT2D eigenvalue weighted by molar-refractivity contribution is -0.155. The Hall–Kier alpha value is -2.95. The number of carbonyl (C=O) groups excluding carboxylic acids is 3. The molecule has 0 heterocycles. The maximum atomic E-state index is 13.1. The Labute approximate surface area is 152 Å². The second-order valence-electron chi connectivity index (χ2n) is 5.60. The van der Waals surface area contributed by atoms with Gasteiger partial charge in [-0.25, -0.2) is 0 Å². The standard InChI is InChI=1S/C21H22O5/c1-3-25-20(23)17(15-11-7-5-8-12-15)18(21(24)26-4-2)19(22)16-13-9-6-10-14-16/h5-14,17-18H,3-4H2,1-2H3/t17-,18+/m1/s1. The Morgan fingerprint density at radius 2 is 1.27 bits per heavy atom. The van der Waals surface area contributed by atoms with Crippen molar-refractivity contribution in [3.63, 3.8) is 0 Å². The summed E-state index contributed by atoms with van der Waals surface area (Å²) in [6, 6.07) is 17.1. The van der Waals surface area contributed by atoms with Crippen molar-refractivity contribution in [3.05, 3.63) is 71.8 Å². The number of hydrogen-bond acceptors (Lipinski definition) is 5. The highest BCUT2D eigenvalue weighted by Crippen LogP contribution is 2.30. The molecule has 5 heteroatoms. The fourth-order valence-corrected chi connectivity index (χ4v) is 2.77. The summed E-state index contributed by atoms with van der Waals surface area (Å²) in [6.45, 7) is 3.60. The Bertz CT molecular complexity index is 740. The van der Waals surface area contributed by atoms with E-state index in [9.17, 15) is 14.4 Å². The fraction of sp³-hybridized carbons (Fsp3) is 0.286. The third-order valence-electron chi connectivity index (χ3n) is 3.91. The number of benzene rings is 2. The van der Waals surface area contributed by atoms with Crippen molar-refractivity contribution in [2.24, 2.45) is 5.92 Å². The Morgan fingerprint density at radius 1 is 0.769 bits per heavy atom. The summed E-state index contributed by atoms with van der Waals surface area (Å²) in [5.41, 5.74) is 0.879. The molecule has 0 aliphatic carbocycles. The molecule has 0 bridgehead atoms. The van der Waals surface area contributed by atoms with Crippen molar-refractivity contribution in [2.45, 2.75) is 19.8 Å². The van der Waals surface area contributed by atoms with E-state index in [0.717, 1.165) is 0 Å². The van der Waals surface area contributed by atoms with E-state index < -0.39 is 29.6 Å². The molecular weight excluding hydrogens is 332 g/mol. The summed E-state index contributed by atoms with van der Waals surface area (Å²) in [6.07, 6.45) is 0. The van der Waals surface area contributed by atoms with Crippen LogP contribution in [0.15, 0.2) is 60.7 Å². The molecule has 0 radical (unpaired) electrons. The lowest BCUT2D eigenvalue weighted by Gasteiger charge is -2.23. The van der Waals surface area contributed by atoms with Crippen LogP contribution >= 0.6 is 0 Å². The summed E-state index contributed by atoms with van der Waals surface area (Å²) in [7, 11) is 0. The molecular formula is C21H22O5. The average Bonchev–Trinajstić information content (AvgIpc) is 2.67. The first-order valence-corrected chi connectivity index (χ1v) is 8.57. The third-order valence-corrected chi connectivity index (χ3v) is 3.91. The normalized spacial score (nSPS) is 12.7. The molecule has 0 N–H and O–H groups in total. The first-order chi connectivity index (χ1) is 12.6. The summed E-state index contributed by atoms with van der Waals surface area (Å²) in [5, 5.41) is 0. The van der Waals surface area contributed by atoms with Gasteiger partial charge in [0.25, 0.3) is 0 Å². The van der Waals surface area contributed by atoms with Crippen LogP contribution in [0.5, 0.6) is 0 Å². The SMILES string of the molecule is CCOC(=O)[C@H](C(=O)c1ccccc1)[C@H](C(=O)OCC)c1ccccc1. The van der Waals surface area contributed by atoms with Gasteiger partial charge in [0.1, 0.15) is 11.8 Å². The van der Waals surface area contributed by atoms with Crippen LogP contribution < -0.4 is 0 Å². The number of Topliss-reactive ketones (excluding diaryl/α,β-unsaturated/α-hetero) is 1. The number of esters is 2. The second-order valence-corrected chi connectivity index (χ2v) is 5.60. The Balaban J connectivity index is 2.52. The van der Waals surface area contributed by atoms with Gasteiger partial charge in [0.05, 0.1) is 13.2 Å². The van der Waals surface area contributed by atoms with Crippen molar-refractivity contribution in [1.29, 1.82) is 0 Å². The minimum absolute atomic E-state index is 0.113. The van der Waals surface area contributed by atoms with E-state index in [2.05, 4.69) is 0 Å². The lowest BCUT2D eigenvalue weighted by Crippen LogP contribution is -2.36. The molecule has 2 rings (SSSR count). The van der Waals surface area contributed by atoms with E-state index in [0.29, 0.717) is 11.1 Å². The lowest BCUT2D eigenvalue weighted by atomic mass is 9.81. The zero-order valence-electron chi connectivity index (χ0n) is 14.9. The monoisotopic (exact) mass is 354 g/mol. The van der Waals surface area contributed by atoms with Gasteiger partial charge < -0.3 is 9.47 Å². The van der Waals surface area contributed by atoms with Crippen LogP contribution in [0.25, 0.3) is 0 Å². The van der Waals surface area contributed by atoms with Crippen molar-refractivity contribution in [3.8, 4) is 0 Å². The van der Waals surface area contributed by atoms with Crippen LogP contribution in [0.4, 0.5) is 0 Å². The van der Waals surface area contributed by atoms with Crippen LogP contribution in [0.2, 0.25) is 0 Å². The van der Waals surface area contributed by atoms with Gasteiger partial charge in [-0.15, -0.1) is 0 Å². The fourth-order valence-electron chi connectivity index (χ4n) is 2.77. The molecule has 2 aromatic rings. The highest BCUT2D eigenvalue weighted by molar-refractivity contribution is 6.12. The van der Waals surface area contributed by atoms with Gasteiger partial charge in [0.15, 0.2) is 5.78 Å². The Morgan fingerprint density at radius 3 is 1.81 bits per heavy atom. The minimum Gasteiger partial charge on any atom is -0.465 e. The largest absolute Gasteiger partial charge is 0.465 e. The number of carbonyl (C=O) groups is 3. The number of hydrogen-bond donors (Lipinski definition) is 0. The van der Waals surface area contributed by atoms with E-state index >= 15 is 0 Å². The van der Waals surface area contributed by atoms with Crippen LogP contribution in [0.1, 0.15) is 35.7 Å². The van der Waals surface area contributed by atoms with Gasteiger partial charge in [-0.3, -0.25) is 14.4 Å². The molecule has 0 fully saturated rings. The summed E-state index contributed by atoms with van der Waals surface area (Å²) in [4.78, 5) is 38.4. The van der Waals surface area contributed by atoms with Crippen molar-refractivity contribution in [1.82, 2.24) is 0 Å². The molecule has 0 aliphatic heterocycles. The molecule has 5 nitrogen and oxygen atoms in total. The zero-order valence-corrected chi connectivity index (χ0v) is 14.9. The molecule has 0 saturated heterocycles. The molecule has 2 aromatic carbocycles. The van der Waals surface area contributed by atoms with Crippen molar-refractivity contribution in [2.75, 3.05) is 13.2 Å². The van der Waals surface area contributed by atoms with Gasteiger partial charge >= 0.3 is 11.9 Å². The van der Waals surface area contributed by atoms with Crippen LogP contribution in [-0.4, -0.2) is 30.9 Å². The van der Waals surface area contributed by atoms with Crippen LogP contribution in [-0.2, 0) is 19.1 Å². The number of rotatable bonds is 8. The minimum atomic E-state index is -1.31. The topological polar surface area (TPSA) is 69.7 Å². The second kappa shape index (κ2) is 9.51. The quantitative estimate of drug-likeness (QED) is 0.413. The first kappa shape index (κ1) is 19.4. The molecule has 0 unspecified atom stereocenters. The number of ketones is 1. The summed E-state index contributed by atoms with van der Waals surface area (Å²) < 4.78 is 10.3. The van der Waals surface area contributed by atoms with Crippen molar-refractivity contribution >= 4 is 17.7 Å². The van der Waals surface area contributed by atoms with Gasteiger partial charge in [-0.05, 0) is 19.4 Å². The molecule has 136 valence electrons. The third kappa shape index (κ3) is 4.57. The van der Waals surface area contributed by atoms with Crippen LogP contribution in [0.3, 0.4) is 0 Å². The smallest absolute Gasteiger partial charge is 0.318 e. The Kier molecular flexibility index (Phi) is 7.09. The van der Waals surface area contributed by atoms with E-state index in [1.165, 1.54) is 0 Å². The molecule has 26 heavy (non-hydrogen) atoms. The van der Waals surface area contributed by atoms with E-state index in [1.807, 2.05) is 0 Å². The van der Waals surface area contributed by atoms with Crippen LogP contribution in [0, 0.1) is 5.92 Å². The molecule has 2 atom stereocenters. The molecule has 0 saturated carbocycles. The van der Waals surface area contributed by atoms with Gasteiger partial charge in [-0.2, -0.15) is 0 Å². The van der Waals surface area contributed by atoms with Gasteiger partial charge in [0, 0.05) is 5.56 Å². The predicted octanol–water partition coefficient (Wildman–Crippen LogP) is 3.40.